The van der Waals surface area contributed by atoms with E-state index in [0.29, 0.717) is 23.5 Å². The van der Waals surface area contributed by atoms with E-state index in [1.807, 2.05) is 11.2 Å². The number of halogens is 9. The molecule has 1 rings (SSSR count). The van der Waals surface area contributed by atoms with Gasteiger partial charge in [-0.15, -0.1) is 4.39 Å². The molecule has 14 heteroatoms. The van der Waals surface area contributed by atoms with Crippen molar-refractivity contribution in [1.82, 2.24) is 4.31 Å². The maximum atomic E-state index is 11.9. The molecule has 0 saturated heterocycles. The number of quaternary nitrogens is 1. The van der Waals surface area contributed by atoms with E-state index in [2.05, 4.69) is 52.2 Å². The molecule has 1 aromatic rings. The van der Waals surface area contributed by atoms with Crippen LogP contribution in [0.2, 0.25) is 0 Å². The van der Waals surface area contributed by atoms with Crippen molar-refractivity contribution < 1.29 is 53.9 Å². The molecule has 0 N–H and O–H groups in total. The van der Waals surface area contributed by atoms with Crippen molar-refractivity contribution in [2.45, 2.75) is 26.3 Å². The van der Waals surface area contributed by atoms with Crippen molar-refractivity contribution in [1.29, 1.82) is 0 Å². The van der Waals surface area contributed by atoms with E-state index in [1.54, 1.807) is 5.92 Å². The van der Waals surface area contributed by atoms with Crippen LogP contribution in [0.1, 0.15) is 30.9 Å². The van der Waals surface area contributed by atoms with Crippen LogP contribution < -0.4 is 0 Å². The molecular formula is C19H26F9N2O2S+. The number of nitrogens with zero attached hydrogens (tertiary/aromatic N) is 2. The minimum Gasteiger partial charge on any atom is -0.324 e. The molecule has 0 amide bonds. The zero-order chi connectivity index (χ0) is 27.1. The molecule has 0 saturated carbocycles. The van der Waals surface area contributed by atoms with Crippen molar-refractivity contribution in [3.05, 3.63) is 35.4 Å². The van der Waals surface area contributed by atoms with Crippen molar-refractivity contribution >= 4 is 10.0 Å². The van der Waals surface area contributed by atoms with E-state index in [9.17, 15) is 12.8 Å². The first-order valence-electron chi connectivity index (χ1n) is 8.64. The van der Waals surface area contributed by atoms with Gasteiger partial charge in [0.05, 0.1) is 32.4 Å². The number of sulfonamides is 1. The van der Waals surface area contributed by atoms with Crippen LogP contribution in [-0.2, 0) is 16.6 Å². The molecule has 4 nitrogen and oxygen atoms in total. The van der Waals surface area contributed by atoms with Gasteiger partial charge in [-0.3, -0.25) is 0 Å². The average Bonchev–Trinajstić information content (AvgIpc) is 2.83. The topological polar surface area (TPSA) is 37.4 Å². The number of hydrogen-bond acceptors (Lipinski definition) is 2. The third-order valence-corrected chi connectivity index (χ3v) is 5.34. The maximum absolute atomic E-state index is 11.9. The summed E-state index contributed by atoms with van der Waals surface area (Å²) in [5, 5.41) is 1.99. The second kappa shape index (κ2) is 22.8. The molecule has 0 spiro atoms. The molecule has 192 valence electrons. The third kappa shape index (κ3) is 18.8. The second-order valence-corrected chi connectivity index (χ2v) is 8.76. The summed E-state index contributed by atoms with van der Waals surface area (Å²) in [4.78, 5) is 0. The van der Waals surface area contributed by atoms with Crippen LogP contribution in [0.4, 0.5) is 41.0 Å². The second-order valence-electron chi connectivity index (χ2n) is 6.99. The fourth-order valence-electron chi connectivity index (χ4n) is 2.30. The Labute approximate surface area is 188 Å². The molecule has 33 heavy (non-hydrogen) atoms. The first-order valence-corrected chi connectivity index (χ1v) is 10.1. The quantitative estimate of drug-likeness (QED) is 0.257. The Bertz CT molecular complexity index is 814. The summed E-state index contributed by atoms with van der Waals surface area (Å²) in [6.07, 6.45) is 1.06. The van der Waals surface area contributed by atoms with Crippen molar-refractivity contribution in [2.75, 3.05) is 34.2 Å². The third-order valence-electron chi connectivity index (χ3n) is 3.98. The fourth-order valence-corrected chi connectivity index (χ4v) is 2.96. The minimum absolute atomic E-state index is 0.317. The predicted molar refractivity (Wildman–Crippen MR) is 108 cm³/mol. The largest absolute Gasteiger partial charge is 0.324 e. The Kier molecular flexibility index (Phi) is 26.1. The van der Waals surface area contributed by atoms with Crippen molar-refractivity contribution in [3.8, 4) is 23.3 Å². The Balaban J connectivity index is -0.000000472. The van der Waals surface area contributed by atoms with Gasteiger partial charge in [0.25, 0.3) is 10.0 Å². The predicted octanol–water partition coefficient (Wildman–Crippen LogP) is 5.90. The van der Waals surface area contributed by atoms with Crippen LogP contribution >= 0.6 is 0 Å². The molecule has 0 unspecified atom stereocenters. The lowest BCUT2D eigenvalue weighted by Crippen LogP contribution is -2.44. The highest BCUT2D eigenvalue weighted by Crippen LogP contribution is 2.17. The smallest absolute Gasteiger partial charge is 0.283 e. The first kappa shape index (κ1) is 37.9. The zero-order valence-corrected chi connectivity index (χ0v) is 19.3. The minimum atomic E-state index is -3.75. The lowest BCUT2D eigenvalue weighted by atomic mass is 10.0. The summed E-state index contributed by atoms with van der Waals surface area (Å²) in [6.45, 7) is 6.06. The number of likely N-dealkylation sites (N-methyl/N-ethyl adjacent to an activating group) is 2. The van der Waals surface area contributed by atoms with Crippen LogP contribution in [0.15, 0.2) is 24.3 Å². The number of benzene rings is 1. The van der Waals surface area contributed by atoms with Crippen molar-refractivity contribution in [3.63, 3.8) is 0 Å². The molecule has 0 aliphatic heterocycles. The summed E-state index contributed by atoms with van der Waals surface area (Å²) in [7, 11) is 1.82. The van der Waals surface area contributed by atoms with E-state index >= 15 is 0 Å². The van der Waals surface area contributed by atoms with Crippen LogP contribution in [0.25, 0.3) is 0 Å². The molecular weight excluding hydrogens is 491 g/mol. The van der Waals surface area contributed by atoms with Gasteiger partial charge in [0.2, 0.25) is 0 Å². The van der Waals surface area contributed by atoms with Gasteiger partial charge in [-0.2, -0.15) is 12.7 Å². The molecule has 0 bridgehead atoms. The SMILES string of the molecule is CC(C)c1ccc(C[N+](C)(C)CCN(C)S(=O)(=O)C#CC#CF)cc1.FF.FF.FF.FF. The maximum Gasteiger partial charge on any atom is 0.283 e. The average molecular weight is 517 g/mol. The van der Waals surface area contributed by atoms with Crippen molar-refractivity contribution in [2.24, 2.45) is 0 Å². The summed E-state index contributed by atoms with van der Waals surface area (Å²) < 4.78 is 101. The van der Waals surface area contributed by atoms with Gasteiger partial charge < -0.3 is 4.48 Å². The molecule has 0 heterocycles. The van der Waals surface area contributed by atoms with Crippen LogP contribution in [0, 0.1) is 23.3 Å². The Hall–Kier alpha value is -2.42. The number of rotatable bonds is 7. The lowest BCUT2D eigenvalue weighted by molar-refractivity contribution is -0.902. The fraction of sp³-hybridized carbons (Fsp3) is 0.474. The monoisotopic (exact) mass is 517 g/mol. The first-order chi connectivity index (χ1) is 15.6. The standard InChI is InChI=1S/C19H26FN2O2S.4F2/c1-17(2)19-10-8-18(9-11-19)16-22(4,5)14-13-21(3)25(23,24)15-7-6-12-20;4*1-2/h8-11,17H,13-14,16H2,1-5H3;;;;/q+1;;;;. The summed E-state index contributed by atoms with van der Waals surface area (Å²) in [6, 6.07) is 8.52. The molecule has 0 aliphatic carbocycles. The molecule has 0 radical (unpaired) electrons. The van der Waals surface area contributed by atoms with E-state index < -0.39 is 10.0 Å². The Morgan fingerprint density at radius 2 is 1.36 bits per heavy atom. The van der Waals surface area contributed by atoms with Crippen LogP contribution in [-0.4, -0.2) is 51.4 Å². The van der Waals surface area contributed by atoms with Gasteiger partial charge >= 0.3 is 0 Å². The van der Waals surface area contributed by atoms with Gasteiger partial charge in [-0.25, -0.2) is 0 Å². The normalized spacial score (nSPS) is 9.58. The zero-order valence-electron chi connectivity index (χ0n) is 18.5. The highest BCUT2D eigenvalue weighted by molar-refractivity contribution is 7.93. The Morgan fingerprint density at radius 3 is 1.76 bits per heavy atom. The van der Waals surface area contributed by atoms with Gasteiger partial charge in [0.15, 0.2) is 0 Å². The molecule has 0 fully saturated rings. The van der Waals surface area contributed by atoms with E-state index in [0.717, 1.165) is 12.7 Å². The lowest BCUT2D eigenvalue weighted by Gasteiger charge is -2.31. The van der Waals surface area contributed by atoms with Gasteiger partial charge in [0.1, 0.15) is 12.7 Å². The Morgan fingerprint density at radius 1 is 0.909 bits per heavy atom. The molecule has 0 aliphatic rings. The van der Waals surface area contributed by atoms with E-state index in [-0.39, 0.29) is 0 Å². The molecule has 0 aromatic heterocycles. The van der Waals surface area contributed by atoms with E-state index in [4.69, 9.17) is 36.6 Å². The van der Waals surface area contributed by atoms with Crippen LogP contribution in [0.3, 0.4) is 0 Å². The van der Waals surface area contributed by atoms with Gasteiger partial charge in [0, 0.05) is 61.0 Å². The van der Waals surface area contributed by atoms with Gasteiger partial charge in [-0.05, 0) is 11.5 Å². The highest BCUT2D eigenvalue weighted by Gasteiger charge is 2.21. The highest BCUT2D eigenvalue weighted by atomic mass is 32.2. The summed E-state index contributed by atoms with van der Waals surface area (Å²) in [5.74, 6) is 4.27. The molecule has 0 atom stereocenters. The van der Waals surface area contributed by atoms with Crippen LogP contribution in [0.5, 0.6) is 0 Å². The summed E-state index contributed by atoms with van der Waals surface area (Å²) in [5.41, 5.74) is 2.51. The number of hydrogen-bond donors (Lipinski definition) is 0. The van der Waals surface area contributed by atoms with E-state index in [1.165, 1.54) is 22.5 Å². The summed E-state index contributed by atoms with van der Waals surface area (Å²) >= 11 is 0. The molecule has 1 aromatic carbocycles. The van der Waals surface area contributed by atoms with Gasteiger partial charge in [-0.1, -0.05) is 38.1 Å².